The summed E-state index contributed by atoms with van der Waals surface area (Å²) in [5.74, 6) is -2.17. The number of likely N-dealkylation sites (tertiary alicyclic amines) is 1. The van der Waals surface area contributed by atoms with Crippen molar-refractivity contribution < 1.29 is 34.8 Å². The van der Waals surface area contributed by atoms with Crippen molar-refractivity contribution in [2.45, 2.75) is 75.9 Å². The average Bonchev–Trinajstić information content (AvgIpc) is 3.47. The van der Waals surface area contributed by atoms with Crippen LogP contribution in [0.1, 0.15) is 62.1 Å². The van der Waals surface area contributed by atoms with Crippen molar-refractivity contribution in [3.63, 3.8) is 0 Å². The molecule has 0 amide bonds. The van der Waals surface area contributed by atoms with Gasteiger partial charge in [0.25, 0.3) is 5.89 Å². The topological polar surface area (TPSA) is 92.4 Å². The average molecular weight is 614 g/mol. The van der Waals surface area contributed by atoms with Gasteiger partial charge in [0.2, 0.25) is 15.9 Å². The van der Waals surface area contributed by atoms with Gasteiger partial charge in [-0.25, -0.2) is 8.42 Å². The van der Waals surface area contributed by atoms with Crippen LogP contribution in [-0.2, 0) is 16.6 Å². The van der Waals surface area contributed by atoms with Gasteiger partial charge in [0.05, 0.1) is 34.7 Å². The van der Waals surface area contributed by atoms with Gasteiger partial charge in [0.15, 0.2) is 0 Å². The van der Waals surface area contributed by atoms with E-state index >= 15 is 0 Å². The molecule has 3 heterocycles. The third kappa shape index (κ3) is 6.59. The molecule has 0 bridgehead atoms. The standard InChI is InChI=1S/C28H32F5N5O3S/c1-18-4-2-3-5-24(18)38(17-21-9-6-19(16-34-21)26-35-36-27(41-26)25(29)30)42(39,40)23-12-14-37(15-13-23)22-10-7-20(8-11-22)28(31,32)33/h2-6,9,16,20,22-23,25H,7-8,10-15,17H2,1H3. The molecule has 42 heavy (non-hydrogen) atoms. The Bertz CT molecular complexity index is 1450. The van der Waals surface area contributed by atoms with Crippen LogP contribution < -0.4 is 4.31 Å². The van der Waals surface area contributed by atoms with E-state index in [0.717, 1.165) is 5.56 Å². The maximum Gasteiger partial charge on any atom is 0.391 e. The second kappa shape index (κ2) is 12.2. The summed E-state index contributed by atoms with van der Waals surface area (Å²) in [5, 5.41) is 6.27. The number of hydrogen-bond donors (Lipinski definition) is 0. The molecule has 1 saturated heterocycles. The van der Waals surface area contributed by atoms with Crippen LogP contribution in [0.25, 0.3) is 11.5 Å². The number of nitrogens with zero attached hydrogens (tertiary/aromatic N) is 5. The molecule has 1 aliphatic heterocycles. The third-order valence-electron chi connectivity index (χ3n) is 8.27. The molecule has 0 unspecified atom stereocenters. The van der Waals surface area contributed by atoms with E-state index in [1.54, 1.807) is 24.3 Å². The van der Waals surface area contributed by atoms with Gasteiger partial charge in [0, 0.05) is 12.2 Å². The van der Waals surface area contributed by atoms with Crippen LogP contribution in [0.2, 0.25) is 0 Å². The first-order valence-corrected chi connectivity index (χ1v) is 15.4. The van der Waals surface area contributed by atoms with Crippen molar-refractivity contribution in [2.75, 3.05) is 17.4 Å². The van der Waals surface area contributed by atoms with Gasteiger partial charge < -0.3 is 9.32 Å². The molecule has 0 N–H and O–H groups in total. The Morgan fingerprint density at radius 3 is 2.26 bits per heavy atom. The summed E-state index contributed by atoms with van der Waals surface area (Å²) in [7, 11) is -3.85. The zero-order valence-corrected chi connectivity index (χ0v) is 23.8. The van der Waals surface area contributed by atoms with Crippen LogP contribution in [0.15, 0.2) is 47.0 Å². The predicted octanol–water partition coefficient (Wildman–Crippen LogP) is 6.30. The molecule has 2 fully saturated rings. The molecule has 1 saturated carbocycles. The van der Waals surface area contributed by atoms with Crippen molar-refractivity contribution >= 4 is 15.7 Å². The van der Waals surface area contributed by atoms with Crippen LogP contribution in [0, 0.1) is 12.8 Å². The van der Waals surface area contributed by atoms with Crippen molar-refractivity contribution in [1.29, 1.82) is 0 Å². The smallest absolute Gasteiger partial charge is 0.391 e. The molecule has 8 nitrogen and oxygen atoms in total. The Labute approximate surface area is 241 Å². The Morgan fingerprint density at radius 1 is 1.00 bits per heavy atom. The number of para-hydroxylation sites is 1. The number of rotatable bonds is 8. The molecule has 0 spiro atoms. The number of aromatic nitrogens is 3. The first kappa shape index (κ1) is 30.3. The highest BCUT2D eigenvalue weighted by molar-refractivity contribution is 7.93. The van der Waals surface area contributed by atoms with Crippen LogP contribution in [0.5, 0.6) is 0 Å². The number of benzene rings is 1. The molecule has 228 valence electrons. The molecule has 2 aliphatic rings. The van der Waals surface area contributed by atoms with E-state index in [2.05, 4.69) is 20.1 Å². The number of hydrogen-bond acceptors (Lipinski definition) is 7. The van der Waals surface area contributed by atoms with Gasteiger partial charge in [-0.05, 0) is 82.3 Å². The minimum atomic E-state index is -4.16. The lowest BCUT2D eigenvalue weighted by Gasteiger charge is -2.41. The SMILES string of the molecule is Cc1ccccc1N(Cc1ccc(-c2nnc(C(F)F)o2)cn1)S(=O)(=O)C1CCN(C2CCC(C(F)(F)F)CC2)CC1. The fraction of sp³-hybridized carbons (Fsp3) is 0.536. The van der Waals surface area contributed by atoms with Crippen LogP contribution in [0.4, 0.5) is 27.6 Å². The van der Waals surface area contributed by atoms with E-state index in [-0.39, 0.29) is 31.3 Å². The number of anilines is 1. The molecule has 14 heteroatoms. The van der Waals surface area contributed by atoms with Gasteiger partial charge in [0.1, 0.15) is 0 Å². The van der Waals surface area contributed by atoms with Crippen LogP contribution >= 0.6 is 0 Å². The number of pyridine rings is 1. The van der Waals surface area contributed by atoms with E-state index < -0.39 is 39.7 Å². The monoisotopic (exact) mass is 613 g/mol. The number of halogens is 5. The fourth-order valence-electron chi connectivity index (χ4n) is 5.87. The first-order chi connectivity index (χ1) is 19.9. The molecular weight excluding hydrogens is 581 g/mol. The summed E-state index contributed by atoms with van der Waals surface area (Å²) < 4.78 is 99.4. The van der Waals surface area contributed by atoms with E-state index in [4.69, 9.17) is 4.42 Å². The predicted molar refractivity (Wildman–Crippen MR) is 145 cm³/mol. The first-order valence-electron chi connectivity index (χ1n) is 13.9. The summed E-state index contributed by atoms with van der Waals surface area (Å²) in [6.45, 7) is 2.78. The van der Waals surface area contributed by atoms with Crippen LogP contribution in [0.3, 0.4) is 0 Å². The zero-order valence-electron chi connectivity index (χ0n) is 23.0. The minimum absolute atomic E-state index is 0.0399. The second-order valence-corrected chi connectivity index (χ2v) is 13.0. The quantitative estimate of drug-likeness (QED) is 0.276. The van der Waals surface area contributed by atoms with Crippen molar-refractivity contribution in [3.05, 3.63) is 59.7 Å². The van der Waals surface area contributed by atoms with E-state index in [0.29, 0.717) is 55.7 Å². The molecule has 5 rings (SSSR count). The van der Waals surface area contributed by atoms with E-state index in [9.17, 15) is 30.4 Å². The summed E-state index contributed by atoms with van der Waals surface area (Å²) in [5.41, 5.74) is 2.04. The minimum Gasteiger partial charge on any atom is -0.415 e. The van der Waals surface area contributed by atoms with Crippen molar-refractivity contribution in [1.82, 2.24) is 20.1 Å². The molecular formula is C28H32F5N5O3S. The molecule has 3 aromatic rings. The molecule has 1 aliphatic carbocycles. The lowest BCUT2D eigenvalue weighted by Crippen LogP contribution is -2.49. The third-order valence-corrected chi connectivity index (χ3v) is 10.5. The Morgan fingerprint density at radius 2 is 1.69 bits per heavy atom. The van der Waals surface area contributed by atoms with E-state index in [1.807, 2.05) is 19.1 Å². The highest BCUT2D eigenvalue weighted by Crippen LogP contribution is 2.40. The van der Waals surface area contributed by atoms with Gasteiger partial charge >= 0.3 is 12.6 Å². The molecule has 1 aromatic carbocycles. The molecule has 2 aromatic heterocycles. The van der Waals surface area contributed by atoms with Crippen LogP contribution in [-0.4, -0.2) is 59.1 Å². The molecule has 0 radical (unpaired) electrons. The number of sulfonamides is 1. The highest BCUT2D eigenvalue weighted by Gasteiger charge is 2.43. The summed E-state index contributed by atoms with van der Waals surface area (Å²) in [6, 6.07) is 10.3. The lowest BCUT2D eigenvalue weighted by molar-refractivity contribution is -0.184. The lowest BCUT2D eigenvalue weighted by atomic mass is 9.84. The normalized spacial score (nSPS) is 21.1. The fourth-order valence-corrected chi connectivity index (χ4v) is 7.83. The Hall–Kier alpha value is -3.13. The second-order valence-electron chi connectivity index (χ2n) is 10.9. The van der Waals surface area contributed by atoms with Crippen molar-refractivity contribution in [2.24, 2.45) is 5.92 Å². The Balaban J connectivity index is 1.30. The maximum absolute atomic E-state index is 14.1. The molecule has 0 atom stereocenters. The summed E-state index contributed by atoms with van der Waals surface area (Å²) >= 11 is 0. The van der Waals surface area contributed by atoms with Gasteiger partial charge in [-0.2, -0.15) is 22.0 Å². The van der Waals surface area contributed by atoms with Gasteiger partial charge in [-0.3, -0.25) is 9.29 Å². The summed E-state index contributed by atoms with van der Waals surface area (Å²) in [4.78, 5) is 6.50. The number of alkyl halides is 5. The van der Waals surface area contributed by atoms with Gasteiger partial charge in [-0.15, -0.1) is 10.2 Å². The largest absolute Gasteiger partial charge is 0.415 e. The number of aryl methyl sites for hydroxylation is 1. The maximum atomic E-state index is 14.1. The number of piperidine rings is 1. The zero-order chi connectivity index (χ0) is 30.1. The highest BCUT2D eigenvalue weighted by atomic mass is 32.2. The van der Waals surface area contributed by atoms with Crippen molar-refractivity contribution in [3.8, 4) is 11.5 Å². The Kier molecular flexibility index (Phi) is 8.83. The summed E-state index contributed by atoms with van der Waals surface area (Å²) in [6.07, 6.45) is -3.80. The van der Waals surface area contributed by atoms with Gasteiger partial charge in [-0.1, -0.05) is 18.2 Å². The van der Waals surface area contributed by atoms with E-state index in [1.165, 1.54) is 10.5 Å².